The van der Waals surface area contributed by atoms with Crippen molar-refractivity contribution in [3.05, 3.63) is 22.4 Å². The number of nitrogens with one attached hydrogen (secondary N) is 1. The van der Waals surface area contributed by atoms with Gasteiger partial charge in [0.1, 0.15) is 6.67 Å². The van der Waals surface area contributed by atoms with Gasteiger partial charge in [0.2, 0.25) is 0 Å². The lowest BCUT2D eigenvalue weighted by molar-refractivity contribution is 0.150. The molecule has 1 atom stereocenters. The summed E-state index contributed by atoms with van der Waals surface area (Å²) >= 11 is 1.65. The molecule has 0 radical (unpaired) electrons. The number of alkyl halides is 1. The predicted octanol–water partition coefficient (Wildman–Crippen LogP) is 1.66. The normalized spacial score (nSPS) is 20.9. The molecule has 14 heavy (non-hydrogen) atoms. The Bertz CT molecular complexity index is 257. The Labute approximate surface area is 87.7 Å². The van der Waals surface area contributed by atoms with E-state index in [1.165, 1.54) is 0 Å². The molecule has 1 aliphatic heterocycles. The van der Waals surface area contributed by atoms with Gasteiger partial charge in [-0.15, -0.1) is 11.3 Å². The first-order chi connectivity index (χ1) is 6.92. The number of rotatable bonds is 3. The lowest BCUT2D eigenvalue weighted by atomic mass is 10.2. The van der Waals surface area contributed by atoms with Crippen molar-refractivity contribution >= 4 is 11.3 Å². The summed E-state index contributed by atoms with van der Waals surface area (Å²) in [4.78, 5) is 3.37. The summed E-state index contributed by atoms with van der Waals surface area (Å²) in [6, 6.07) is 4.00. The quantitative estimate of drug-likeness (QED) is 0.823. The van der Waals surface area contributed by atoms with Gasteiger partial charge in [-0.05, 0) is 11.4 Å². The predicted molar refractivity (Wildman–Crippen MR) is 57.5 cm³/mol. The van der Waals surface area contributed by atoms with Crippen molar-refractivity contribution in [3.8, 4) is 0 Å². The van der Waals surface area contributed by atoms with E-state index in [0.717, 1.165) is 31.1 Å². The molecule has 2 heterocycles. The Morgan fingerprint density at radius 1 is 1.50 bits per heavy atom. The van der Waals surface area contributed by atoms with Crippen LogP contribution in [0.25, 0.3) is 0 Å². The van der Waals surface area contributed by atoms with E-state index in [1.807, 2.05) is 17.5 Å². The van der Waals surface area contributed by atoms with Crippen LogP contribution in [0.15, 0.2) is 17.5 Å². The second-order valence-electron chi connectivity index (χ2n) is 3.47. The van der Waals surface area contributed by atoms with Crippen LogP contribution in [-0.4, -0.2) is 37.8 Å². The largest absolute Gasteiger partial charge is 0.314 e. The topological polar surface area (TPSA) is 15.3 Å². The van der Waals surface area contributed by atoms with Gasteiger partial charge in [-0.3, -0.25) is 4.90 Å². The van der Waals surface area contributed by atoms with E-state index in [0.29, 0.717) is 0 Å². The zero-order chi connectivity index (χ0) is 9.80. The third kappa shape index (κ3) is 2.13. The summed E-state index contributed by atoms with van der Waals surface area (Å²) < 4.78 is 12.9. The van der Waals surface area contributed by atoms with E-state index in [2.05, 4.69) is 10.2 Å². The van der Waals surface area contributed by atoms with Gasteiger partial charge >= 0.3 is 0 Å². The van der Waals surface area contributed by atoms with E-state index >= 15 is 0 Å². The van der Waals surface area contributed by atoms with E-state index in [-0.39, 0.29) is 12.7 Å². The molecular weight excluding hydrogens is 199 g/mol. The summed E-state index contributed by atoms with van der Waals surface area (Å²) in [6.45, 7) is 3.57. The summed E-state index contributed by atoms with van der Waals surface area (Å²) in [7, 11) is 0. The molecule has 78 valence electrons. The second kappa shape index (κ2) is 4.87. The molecule has 1 aromatic rings. The Balaban J connectivity index is 2.04. The molecule has 1 saturated heterocycles. The second-order valence-corrected chi connectivity index (χ2v) is 4.45. The number of hydrogen-bond donors (Lipinski definition) is 1. The van der Waals surface area contributed by atoms with Crippen LogP contribution in [0.5, 0.6) is 0 Å². The minimum atomic E-state index is -0.277. The Hall–Kier alpha value is -0.450. The number of piperazine rings is 1. The SMILES string of the molecule is FC[C@H](c1cccs1)N1CCNCC1. The van der Waals surface area contributed by atoms with Crippen molar-refractivity contribution in [2.24, 2.45) is 0 Å². The molecule has 0 spiro atoms. The van der Waals surface area contributed by atoms with Crippen LogP contribution in [0, 0.1) is 0 Å². The standard InChI is InChI=1S/C10H15FN2S/c11-8-9(10-2-1-7-14-10)13-5-3-12-4-6-13/h1-2,7,9,12H,3-6,8H2/t9-/m1/s1. The molecule has 4 heteroatoms. The molecule has 0 aliphatic carbocycles. The summed E-state index contributed by atoms with van der Waals surface area (Å²) in [5, 5.41) is 5.29. The van der Waals surface area contributed by atoms with Crippen LogP contribution < -0.4 is 5.32 Å². The highest BCUT2D eigenvalue weighted by Crippen LogP contribution is 2.25. The fourth-order valence-electron chi connectivity index (χ4n) is 1.83. The van der Waals surface area contributed by atoms with Gasteiger partial charge in [-0.2, -0.15) is 0 Å². The van der Waals surface area contributed by atoms with Crippen molar-refractivity contribution in [1.82, 2.24) is 10.2 Å². The molecule has 2 rings (SSSR count). The molecule has 0 unspecified atom stereocenters. The lowest BCUT2D eigenvalue weighted by Crippen LogP contribution is -2.45. The van der Waals surface area contributed by atoms with E-state index in [9.17, 15) is 4.39 Å². The first kappa shape index (κ1) is 10.1. The fraction of sp³-hybridized carbons (Fsp3) is 0.600. The molecule has 0 saturated carbocycles. The lowest BCUT2D eigenvalue weighted by Gasteiger charge is -2.32. The number of halogens is 1. The molecule has 2 nitrogen and oxygen atoms in total. The highest BCUT2D eigenvalue weighted by atomic mass is 32.1. The first-order valence-electron chi connectivity index (χ1n) is 4.96. The highest BCUT2D eigenvalue weighted by molar-refractivity contribution is 7.10. The van der Waals surface area contributed by atoms with Gasteiger partial charge in [-0.25, -0.2) is 4.39 Å². The molecule has 1 N–H and O–H groups in total. The molecule has 1 fully saturated rings. The number of nitrogens with zero attached hydrogens (tertiary/aromatic N) is 1. The first-order valence-corrected chi connectivity index (χ1v) is 5.84. The average Bonchev–Trinajstić information content (AvgIpc) is 2.74. The van der Waals surface area contributed by atoms with E-state index < -0.39 is 0 Å². The van der Waals surface area contributed by atoms with Crippen molar-refractivity contribution < 1.29 is 4.39 Å². The average molecular weight is 214 g/mol. The number of thiophene rings is 1. The van der Waals surface area contributed by atoms with Crippen molar-refractivity contribution in [3.63, 3.8) is 0 Å². The summed E-state index contributed by atoms with van der Waals surface area (Å²) in [5.41, 5.74) is 0. The molecule has 0 aromatic carbocycles. The van der Waals surface area contributed by atoms with Crippen LogP contribution in [0.1, 0.15) is 10.9 Å². The third-order valence-electron chi connectivity index (χ3n) is 2.61. The maximum Gasteiger partial charge on any atom is 0.110 e. The zero-order valence-electron chi connectivity index (χ0n) is 8.08. The van der Waals surface area contributed by atoms with E-state index in [1.54, 1.807) is 11.3 Å². The Morgan fingerprint density at radius 3 is 2.86 bits per heavy atom. The fourth-order valence-corrected chi connectivity index (χ4v) is 2.67. The van der Waals surface area contributed by atoms with Crippen molar-refractivity contribution in [2.75, 3.05) is 32.9 Å². The monoisotopic (exact) mass is 214 g/mol. The van der Waals surface area contributed by atoms with Crippen molar-refractivity contribution in [2.45, 2.75) is 6.04 Å². The minimum absolute atomic E-state index is 0.0166. The van der Waals surface area contributed by atoms with Crippen LogP contribution >= 0.6 is 11.3 Å². The Kier molecular flexibility index (Phi) is 3.50. The van der Waals surface area contributed by atoms with Gasteiger partial charge in [0.25, 0.3) is 0 Å². The molecule has 0 amide bonds. The van der Waals surface area contributed by atoms with Crippen molar-refractivity contribution in [1.29, 1.82) is 0 Å². The highest BCUT2D eigenvalue weighted by Gasteiger charge is 2.22. The minimum Gasteiger partial charge on any atom is -0.314 e. The maximum atomic E-state index is 12.9. The van der Waals surface area contributed by atoms with Gasteiger partial charge in [-0.1, -0.05) is 6.07 Å². The molecule has 0 bridgehead atoms. The molecule has 1 aliphatic rings. The smallest absolute Gasteiger partial charge is 0.110 e. The van der Waals surface area contributed by atoms with Crippen LogP contribution in [0.4, 0.5) is 4.39 Å². The molecule has 1 aromatic heterocycles. The van der Waals surface area contributed by atoms with Gasteiger partial charge in [0, 0.05) is 31.1 Å². The zero-order valence-corrected chi connectivity index (χ0v) is 8.89. The summed E-state index contributed by atoms with van der Waals surface area (Å²) in [5.74, 6) is 0. The van der Waals surface area contributed by atoms with Crippen LogP contribution in [-0.2, 0) is 0 Å². The maximum absolute atomic E-state index is 12.9. The van der Waals surface area contributed by atoms with Gasteiger partial charge in [0.05, 0.1) is 6.04 Å². The van der Waals surface area contributed by atoms with Gasteiger partial charge < -0.3 is 5.32 Å². The van der Waals surface area contributed by atoms with Gasteiger partial charge in [0.15, 0.2) is 0 Å². The van der Waals surface area contributed by atoms with E-state index in [4.69, 9.17) is 0 Å². The van der Waals surface area contributed by atoms with Crippen LogP contribution in [0.2, 0.25) is 0 Å². The third-order valence-corrected chi connectivity index (χ3v) is 3.58. The number of hydrogen-bond acceptors (Lipinski definition) is 3. The Morgan fingerprint density at radius 2 is 2.29 bits per heavy atom. The molecular formula is C10H15FN2S. The van der Waals surface area contributed by atoms with Crippen LogP contribution in [0.3, 0.4) is 0 Å². The summed E-state index contributed by atoms with van der Waals surface area (Å²) in [6.07, 6.45) is 0.